The molecule has 0 aliphatic rings. The third-order valence-electron chi connectivity index (χ3n) is 4.79. The summed E-state index contributed by atoms with van der Waals surface area (Å²) in [4.78, 5) is 44.9. The summed E-state index contributed by atoms with van der Waals surface area (Å²) < 4.78 is 5.01. The SMILES string of the molecule is CCN(Cc1nc2cc(Cl)ccc2c(=O)[nH]1)C(=O)c1cc([N+](=O)[O-])ccc1NCCOC. The van der Waals surface area contributed by atoms with Crippen LogP contribution in [-0.2, 0) is 11.3 Å². The predicted octanol–water partition coefficient (Wildman–Crippen LogP) is 3.21. The van der Waals surface area contributed by atoms with E-state index >= 15 is 0 Å². The van der Waals surface area contributed by atoms with Crippen LogP contribution in [0.1, 0.15) is 23.1 Å². The van der Waals surface area contributed by atoms with Gasteiger partial charge in [0.1, 0.15) is 5.82 Å². The summed E-state index contributed by atoms with van der Waals surface area (Å²) in [5.74, 6) is -0.163. The van der Waals surface area contributed by atoms with E-state index in [0.717, 1.165) is 0 Å². The van der Waals surface area contributed by atoms with Crippen molar-refractivity contribution in [1.29, 1.82) is 0 Å². The molecule has 10 nitrogen and oxygen atoms in total. The number of ether oxygens (including phenoxy) is 1. The van der Waals surface area contributed by atoms with E-state index in [9.17, 15) is 19.7 Å². The molecule has 1 amide bonds. The van der Waals surface area contributed by atoms with E-state index in [1.54, 1.807) is 32.2 Å². The lowest BCUT2D eigenvalue weighted by Crippen LogP contribution is -2.32. The van der Waals surface area contributed by atoms with Crippen molar-refractivity contribution in [1.82, 2.24) is 14.9 Å². The molecule has 1 heterocycles. The number of fused-ring (bicyclic) bond motifs is 1. The van der Waals surface area contributed by atoms with Crippen LogP contribution in [0.2, 0.25) is 5.02 Å². The van der Waals surface area contributed by atoms with Gasteiger partial charge in [-0.25, -0.2) is 4.98 Å². The van der Waals surface area contributed by atoms with Crippen LogP contribution < -0.4 is 10.9 Å². The number of hydrogen-bond donors (Lipinski definition) is 2. The maximum absolute atomic E-state index is 13.3. The van der Waals surface area contributed by atoms with E-state index in [0.29, 0.717) is 34.8 Å². The molecule has 1 aromatic heterocycles. The minimum atomic E-state index is -0.557. The summed E-state index contributed by atoms with van der Waals surface area (Å²) in [6, 6.07) is 8.81. The Morgan fingerprint density at radius 3 is 2.78 bits per heavy atom. The van der Waals surface area contributed by atoms with Crippen molar-refractivity contribution >= 4 is 39.8 Å². The maximum atomic E-state index is 13.3. The number of carbonyl (C=O) groups is 1. The predicted molar refractivity (Wildman–Crippen MR) is 121 cm³/mol. The van der Waals surface area contributed by atoms with E-state index in [4.69, 9.17) is 16.3 Å². The molecule has 2 N–H and O–H groups in total. The van der Waals surface area contributed by atoms with Crippen molar-refractivity contribution in [2.24, 2.45) is 0 Å². The largest absolute Gasteiger partial charge is 0.383 e. The average molecular weight is 460 g/mol. The monoisotopic (exact) mass is 459 g/mol. The highest BCUT2D eigenvalue weighted by Crippen LogP contribution is 2.24. The Labute approximate surface area is 188 Å². The minimum absolute atomic E-state index is 0.00717. The van der Waals surface area contributed by atoms with Crippen LogP contribution in [0, 0.1) is 10.1 Å². The number of methoxy groups -OCH3 is 1. The lowest BCUT2D eigenvalue weighted by atomic mass is 10.1. The number of benzene rings is 2. The number of H-pyrrole nitrogens is 1. The van der Waals surface area contributed by atoms with Crippen molar-refractivity contribution in [3.05, 3.63) is 73.3 Å². The summed E-state index contributed by atoms with van der Waals surface area (Å²) in [6.45, 7) is 2.88. The van der Waals surface area contributed by atoms with Gasteiger partial charge in [-0.05, 0) is 31.2 Å². The van der Waals surface area contributed by atoms with Crippen LogP contribution in [0.3, 0.4) is 0 Å². The molecule has 0 radical (unpaired) electrons. The Balaban J connectivity index is 1.94. The van der Waals surface area contributed by atoms with Crippen molar-refractivity contribution < 1.29 is 14.5 Å². The quantitative estimate of drug-likeness (QED) is 0.285. The van der Waals surface area contributed by atoms with Gasteiger partial charge in [0.25, 0.3) is 17.2 Å². The summed E-state index contributed by atoms with van der Waals surface area (Å²) in [6.07, 6.45) is 0. The standard InChI is InChI=1S/C21H22ClN5O5/c1-3-26(12-19-24-18-10-13(22)4-6-15(18)20(28)25-19)21(29)16-11-14(27(30)31)5-7-17(16)23-8-9-32-2/h4-7,10-11,23H,3,8-9,12H2,1-2H3,(H,24,25,28). The molecule has 0 atom stereocenters. The second-order valence-electron chi connectivity index (χ2n) is 6.90. The normalized spacial score (nSPS) is 10.8. The fraction of sp³-hybridized carbons (Fsp3) is 0.286. The van der Waals surface area contributed by atoms with Gasteiger partial charge in [0.2, 0.25) is 0 Å². The second-order valence-corrected chi connectivity index (χ2v) is 7.34. The van der Waals surface area contributed by atoms with Gasteiger partial charge in [-0.2, -0.15) is 0 Å². The van der Waals surface area contributed by atoms with E-state index < -0.39 is 10.8 Å². The zero-order valence-electron chi connectivity index (χ0n) is 17.6. The number of nitro groups is 1. The molecule has 11 heteroatoms. The van der Waals surface area contributed by atoms with Crippen molar-refractivity contribution in [2.75, 3.05) is 32.1 Å². The number of aromatic amines is 1. The van der Waals surface area contributed by atoms with Crippen molar-refractivity contribution in [3.8, 4) is 0 Å². The first-order valence-corrected chi connectivity index (χ1v) is 10.2. The number of amides is 1. The van der Waals surface area contributed by atoms with Gasteiger partial charge in [0.15, 0.2) is 0 Å². The molecule has 0 spiro atoms. The first-order valence-electron chi connectivity index (χ1n) is 9.83. The molecule has 0 saturated heterocycles. The zero-order valence-corrected chi connectivity index (χ0v) is 18.3. The molecule has 3 aromatic rings. The number of nitrogens with zero attached hydrogens (tertiary/aromatic N) is 3. The maximum Gasteiger partial charge on any atom is 0.270 e. The van der Waals surface area contributed by atoms with Gasteiger partial charge in [0, 0.05) is 43.0 Å². The van der Waals surface area contributed by atoms with E-state index in [2.05, 4.69) is 15.3 Å². The molecule has 0 unspecified atom stereocenters. The van der Waals surface area contributed by atoms with Gasteiger partial charge in [0.05, 0.1) is 34.5 Å². The van der Waals surface area contributed by atoms with Crippen LogP contribution in [0.5, 0.6) is 0 Å². The molecule has 2 aromatic carbocycles. The van der Waals surface area contributed by atoms with E-state index in [1.807, 2.05) is 0 Å². The highest BCUT2D eigenvalue weighted by molar-refractivity contribution is 6.31. The average Bonchev–Trinajstić information content (AvgIpc) is 2.77. The molecule has 0 saturated carbocycles. The fourth-order valence-corrected chi connectivity index (χ4v) is 3.35. The molecule has 3 rings (SSSR count). The van der Waals surface area contributed by atoms with E-state index in [-0.39, 0.29) is 35.7 Å². The van der Waals surface area contributed by atoms with Crippen molar-refractivity contribution in [2.45, 2.75) is 13.5 Å². The Hall–Kier alpha value is -3.50. The number of hydrogen-bond acceptors (Lipinski definition) is 7. The first kappa shape index (κ1) is 23.2. The Morgan fingerprint density at radius 2 is 2.09 bits per heavy atom. The molecule has 0 aliphatic heterocycles. The summed E-state index contributed by atoms with van der Waals surface area (Å²) in [5, 5.41) is 15.1. The third-order valence-corrected chi connectivity index (χ3v) is 5.03. The van der Waals surface area contributed by atoms with Crippen LogP contribution in [0.15, 0.2) is 41.2 Å². The zero-order chi connectivity index (χ0) is 23.3. The number of rotatable bonds is 9. The second kappa shape index (κ2) is 10.2. The molecule has 0 fully saturated rings. The van der Waals surface area contributed by atoms with Gasteiger partial charge in [-0.15, -0.1) is 0 Å². The summed E-state index contributed by atoms with van der Waals surface area (Å²) in [7, 11) is 1.55. The number of carbonyl (C=O) groups excluding carboxylic acids is 1. The summed E-state index contributed by atoms with van der Waals surface area (Å²) >= 11 is 6.01. The van der Waals surface area contributed by atoms with Gasteiger partial charge >= 0.3 is 0 Å². The third kappa shape index (κ3) is 5.21. The molecule has 0 aliphatic carbocycles. The molecular weight excluding hydrogens is 438 g/mol. The number of nitrogens with one attached hydrogen (secondary N) is 2. The smallest absolute Gasteiger partial charge is 0.270 e. The number of halogens is 1. The molecule has 0 bridgehead atoms. The van der Waals surface area contributed by atoms with Crippen LogP contribution in [-0.4, -0.2) is 52.5 Å². The van der Waals surface area contributed by atoms with Crippen LogP contribution in [0.4, 0.5) is 11.4 Å². The van der Waals surface area contributed by atoms with E-state index in [1.165, 1.54) is 23.1 Å². The van der Waals surface area contributed by atoms with Gasteiger partial charge < -0.3 is 19.9 Å². The number of anilines is 1. The lowest BCUT2D eigenvalue weighted by molar-refractivity contribution is -0.384. The Kier molecular flexibility index (Phi) is 7.39. The lowest BCUT2D eigenvalue weighted by Gasteiger charge is -2.22. The van der Waals surface area contributed by atoms with Crippen LogP contribution in [0.25, 0.3) is 10.9 Å². The topological polar surface area (TPSA) is 130 Å². The molecule has 32 heavy (non-hydrogen) atoms. The molecule has 168 valence electrons. The Bertz CT molecular complexity index is 1210. The molecular formula is C21H22ClN5O5. The highest BCUT2D eigenvalue weighted by Gasteiger charge is 2.22. The fourth-order valence-electron chi connectivity index (χ4n) is 3.18. The van der Waals surface area contributed by atoms with Gasteiger partial charge in [-0.1, -0.05) is 11.6 Å². The van der Waals surface area contributed by atoms with Gasteiger partial charge in [-0.3, -0.25) is 19.7 Å². The number of aromatic nitrogens is 2. The highest BCUT2D eigenvalue weighted by atomic mass is 35.5. The summed E-state index contributed by atoms with van der Waals surface area (Å²) in [5.41, 5.74) is 0.458. The number of non-ortho nitro benzene ring substituents is 1. The van der Waals surface area contributed by atoms with Crippen LogP contribution >= 0.6 is 11.6 Å². The van der Waals surface area contributed by atoms with Crippen molar-refractivity contribution in [3.63, 3.8) is 0 Å². The minimum Gasteiger partial charge on any atom is -0.383 e. The number of nitro benzene ring substituents is 1. The first-order chi connectivity index (χ1) is 15.3. The Morgan fingerprint density at radius 1 is 1.31 bits per heavy atom.